The van der Waals surface area contributed by atoms with Crippen LogP contribution in [-0.2, 0) is 22.4 Å². The molecule has 0 saturated carbocycles. The van der Waals surface area contributed by atoms with Crippen molar-refractivity contribution in [2.75, 3.05) is 23.4 Å². The number of likely N-dealkylation sites (N-methyl/N-ethyl adjacent to an activating group) is 1. The topological polar surface area (TPSA) is 70.7 Å². The molecule has 0 bridgehead atoms. The molecule has 1 atom stereocenters. The summed E-state index contributed by atoms with van der Waals surface area (Å²) in [5.74, 6) is -0.0225. The number of ether oxygens (including phenoxy) is 1. The van der Waals surface area contributed by atoms with E-state index in [-0.39, 0.29) is 11.9 Å². The summed E-state index contributed by atoms with van der Waals surface area (Å²) < 4.78 is 4.97. The van der Waals surface area contributed by atoms with Crippen LogP contribution in [0.2, 0.25) is 0 Å². The van der Waals surface area contributed by atoms with Gasteiger partial charge in [-0.15, -0.1) is 0 Å². The van der Waals surface area contributed by atoms with Crippen molar-refractivity contribution in [3.8, 4) is 0 Å². The van der Waals surface area contributed by atoms with E-state index in [1.165, 1.54) is 0 Å². The molecule has 6 heteroatoms. The molecule has 3 rings (SSSR count). The van der Waals surface area contributed by atoms with Crippen molar-refractivity contribution < 1.29 is 14.3 Å². The van der Waals surface area contributed by atoms with Crippen molar-refractivity contribution in [3.05, 3.63) is 53.6 Å². The van der Waals surface area contributed by atoms with Crippen molar-refractivity contribution in [3.63, 3.8) is 0 Å². The van der Waals surface area contributed by atoms with Gasteiger partial charge in [0.1, 0.15) is 0 Å². The third-order valence-electron chi connectivity index (χ3n) is 4.85. The second kappa shape index (κ2) is 8.89. The zero-order chi connectivity index (χ0) is 20.1. The Labute approximate surface area is 165 Å². The van der Waals surface area contributed by atoms with Gasteiger partial charge in [-0.1, -0.05) is 31.2 Å². The van der Waals surface area contributed by atoms with Gasteiger partial charge in [0.05, 0.1) is 24.0 Å². The number of benzene rings is 2. The highest BCUT2D eigenvalue weighted by atomic mass is 16.5. The molecule has 1 heterocycles. The summed E-state index contributed by atoms with van der Waals surface area (Å²) in [6, 6.07) is 13.3. The quantitative estimate of drug-likeness (QED) is 0.821. The standard InChI is InChI=1S/C22H27N3O3/c1-4-23-15(3)21(26)25-19-9-7-6-8-16(19)10-11-17-12-13-18(14-20(17)25)24-22(27)28-5-2/h6-9,12-15,23H,4-5,10-11H2,1-3H3,(H,24,27)/t15-/m1/s1. The van der Waals surface area contributed by atoms with Crippen LogP contribution in [-0.4, -0.2) is 31.2 Å². The van der Waals surface area contributed by atoms with Gasteiger partial charge in [0.2, 0.25) is 5.91 Å². The molecule has 0 aromatic heterocycles. The van der Waals surface area contributed by atoms with Crippen LogP contribution in [0.4, 0.5) is 21.9 Å². The predicted octanol–water partition coefficient (Wildman–Crippen LogP) is 4.02. The average molecular weight is 381 g/mol. The van der Waals surface area contributed by atoms with E-state index in [0.29, 0.717) is 18.8 Å². The lowest BCUT2D eigenvalue weighted by Crippen LogP contribution is -2.43. The summed E-state index contributed by atoms with van der Waals surface area (Å²) >= 11 is 0. The largest absolute Gasteiger partial charge is 0.450 e. The van der Waals surface area contributed by atoms with E-state index in [2.05, 4.69) is 16.7 Å². The highest BCUT2D eigenvalue weighted by molar-refractivity contribution is 6.05. The van der Waals surface area contributed by atoms with Crippen molar-refractivity contribution >= 4 is 29.1 Å². The van der Waals surface area contributed by atoms with Gasteiger partial charge in [-0.25, -0.2) is 4.79 Å². The lowest BCUT2D eigenvalue weighted by atomic mass is 10.0. The minimum atomic E-state index is -0.504. The number of nitrogens with one attached hydrogen (secondary N) is 2. The molecule has 0 fully saturated rings. The van der Waals surface area contributed by atoms with Crippen molar-refractivity contribution in [1.82, 2.24) is 5.32 Å². The number of rotatable bonds is 5. The molecular weight excluding hydrogens is 354 g/mol. The molecule has 2 amide bonds. The molecule has 0 aliphatic carbocycles. The molecule has 6 nitrogen and oxygen atoms in total. The summed E-state index contributed by atoms with van der Waals surface area (Å²) in [5.41, 5.74) is 4.50. The first-order valence-corrected chi connectivity index (χ1v) is 9.77. The number of hydrogen-bond donors (Lipinski definition) is 2. The first-order chi connectivity index (χ1) is 13.5. The number of fused-ring (bicyclic) bond motifs is 2. The number of anilines is 3. The zero-order valence-corrected chi connectivity index (χ0v) is 16.6. The summed E-state index contributed by atoms with van der Waals surface area (Å²) in [5, 5.41) is 5.94. The fraction of sp³-hybridized carbons (Fsp3) is 0.364. The third-order valence-corrected chi connectivity index (χ3v) is 4.85. The molecule has 1 aliphatic rings. The molecular formula is C22H27N3O3. The van der Waals surface area contributed by atoms with Crippen LogP contribution in [0.5, 0.6) is 0 Å². The number of hydrogen-bond acceptors (Lipinski definition) is 4. The van der Waals surface area contributed by atoms with Gasteiger partial charge in [0, 0.05) is 5.69 Å². The van der Waals surface area contributed by atoms with Crippen LogP contribution in [0, 0.1) is 0 Å². The van der Waals surface area contributed by atoms with Gasteiger partial charge < -0.3 is 10.1 Å². The monoisotopic (exact) mass is 381 g/mol. The second-order valence-electron chi connectivity index (χ2n) is 6.77. The van der Waals surface area contributed by atoms with Gasteiger partial charge in [-0.2, -0.15) is 0 Å². The van der Waals surface area contributed by atoms with E-state index in [0.717, 1.165) is 35.3 Å². The lowest BCUT2D eigenvalue weighted by molar-refractivity contribution is -0.119. The van der Waals surface area contributed by atoms with E-state index < -0.39 is 6.09 Å². The van der Waals surface area contributed by atoms with Crippen molar-refractivity contribution in [2.24, 2.45) is 0 Å². The van der Waals surface area contributed by atoms with Gasteiger partial charge >= 0.3 is 6.09 Å². The van der Waals surface area contributed by atoms with Gasteiger partial charge in [-0.3, -0.25) is 15.0 Å². The zero-order valence-electron chi connectivity index (χ0n) is 16.6. The Morgan fingerprint density at radius 2 is 1.79 bits per heavy atom. The van der Waals surface area contributed by atoms with Crippen LogP contribution in [0.25, 0.3) is 0 Å². The highest BCUT2D eigenvalue weighted by Gasteiger charge is 2.29. The summed E-state index contributed by atoms with van der Waals surface area (Å²) in [7, 11) is 0. The van der Waals surface area contributed by atoms with Crippen LogP contribution in [0.1, 0.15) is 31.9 Å². The molecule has 0 spiro atoms. The Morgan fingerprint density at radius 1 is 1.07 bits per heavy atom. The molecule has 28 heavy (non-hydrogen) atoms. The Bertz CT molecular complexity index is 866. The molecule has 2 aromatic carbocycles. The molecule has 0 unspecified atom stereocenters. The molecule has 2 N–H and O–H groups in total. The predicted molar refractivity (Wildman–Crippen MR) is 111 cm³/mol. The Morgan fingerprint density at radius 3 is 2.50 bits per heavy atom. The van der Waals surface area contributed by atoms with Crippen LogP contribution < -0.4 is 15.5 Å². The first-order valence-electron chi connectivity index (χ1n) is 9.77. The minimum absolute atomic E-state index is 0.0225. The number of carbonyl (C=O) groups excluding carboxylic acids is 2. The number of para-hydroxylation sites is 1. The van der Waals surface area contributed by atoms with Gasteiger partial charge in [-0.05, 0) is 62.6 Å². The summed E-state index contributed by atoms with van der Waals surface area (Å²) in [6.07, 6.45) is 1.17. The minimum Gasteiger partial charge on any atom is -0.450 e. The summed E-state index contributed by atoms with van der Waals surface area (Å²) in [4.78, 5) is 27.0. The number of carbonyl (C=O) groups is 2. The Hall–Kier alpha value is -2.86. The fourth-order valence-electron chi connectivity index (χ4n) is 3.51. The number of nitrogens with zero attached hydrogens (tertiary/aromatic N) is 1. The van der Waals surface area contributed by atoms with Gasteiger partial charge in [0.25, 0.3) is 0 Å². The van der Waals surface area contributed by atoms with E-state index in [1.807, 2.05) is 50.2 Å². The number of amides is 2. The lowest BCUT2D eigenvalue weighted by Gasteiger charge is -2.28. The number of aryl methyl sites for hydroxylation is 2. The fourth-order valence-corrected chi connectivity index (χ4v) is 3.51. The van der Waals surface area contributed by atoms with E-state index >= 15 is 0 Å². The van der Waals surface area contributed by atoms with E-state index in [1.54, 1.807) is 11.8 Å². The molecule has 0 saturated heterocycles. The normalized spacial score (nSPS) is 13.8. The maximum Gasteiger partial charge on any atom is 0.411 e. The van der Waals surface area contributed by atoms with Crippen LogP contribution >= 0.6 is 0 Å². The average Bonchev–Trinajstić information content (AvgIpc) is 2.84. The molecule has 148 valence electrons. The highest BCUT2D eigenvalue weighted by Crippen LogP contribution is 2.38. The van der Waals surface area contributed by atoms with Crippen molar-refractivity contribution in [1.29, 1.82) is 0 Å². The summed E-state index contributed by atoms with van der Waals surface area (Å²) in [6.45, 7) is 6.62. The second-order valence-corrected chi connectivity index (χ2v) is 6.77. The Kier molecular flexibility index (Phi) is 6.31. The third kappa shape index (κ3) is 4.17. The van der Waals surface area contributed by atoms with Gasteiger partial charge in [0.15, 0.2) is 0 Å². The molecule has 1 aliphatic heterocycles. The van der Waals surface area contributed by atoms with Crippen LogP contribution in [0.15, 0.2) is 42.5 Å². The maximum atomic E-state index is 13.4. The first kappa shape index (κ1) is 19.9. The van der Waals surface area contributed by atoms with Crippen molar-refractivity contribution in [2.45, 2.75) is 39.7 Å². The molecule has 0 radical (unpaired) electrons. The SMILES string of the molecule is CCN[C@H](C)C(=O)N1c2ccccc2CCc2ccc(NC(=O)OCC)cc21. The van der Waals surface area contributed by atoms with Crippen LogP contribution in [0.3, 0.4) is 0 Å². The maximum absolute atomic E-state index is 13.4. The smallest absolute Gasteiger partial charge is 0.411 e. The Balaban J connectivity index is 2.06. The van der Waals surface area contributed by atoms with E-state index in [4.69, 9.17) is 4.74 Å². The van der Waals surface area contributed by atoms with E-state index in [9.17, 15) is 9.59 Å². The molecule has 2 aromatic rings.